The number of hydrogen-bond acceptors (Lipinski definition) is 11. The molecule has 1 aromatic heterocycles. The van der Waals surface area contributed by atoms with Crippen LogP contribution in [0, 0.1) is 0 Å². The van der Waals surface area contributed by atoms with Crippen molar-refractivity contribution >= 4 is 55.7 Å². The second kappa shape index (κ2) is 13.4. The van der Waals surface area contributed by atoms with Crippen LogP contribution >= 0.6 is 31.9 Å². The fraction of sp³-hybridized carbons (Fsp3) is 0.333. The molecule has 41 heavy (non-hydrogen) atoms. The zero-order valence-corrected chi connectivity index (χ0v) is 25.2. The van der Waals surface area contributed by atoms with Gasteiger partial charge in [-0.3, -0.25) is 14.4 Å². The highest BCUT2D eigenvalue weighted by molar-refractivity contribution is 9.10. The first-order chi connectivity index (χ1) is 19.5. The van der Waals surface area contributed by atoms with Crippen molar-refractivity contribution in [2.45, 2.75) is 51.4 Å². The fourth-order valence-electron chi connectivity index (χ4n) is 4.20. The molecule has 1 aliphatic rings. The molecular formula is C27H25Br2N3O9. The van der Waals surface area contributed by atoms with Crippen molar-refractivity contribution < 1.29 is 42.9 Å². The fourth-order valence-corrected chi connectivity index (χ4v) is 4.72. The van der Waals surface area contributed by atoms with Crippen molar-refractivity contribution in [2.75, 3.05) is 6.61 Å². The Morgan fingerprint density at radius 3 is 2.00 bits per heavy atom. The van der Waals surface area contributed by atoms with Gasteiger partial charge in [-0.1, -0.05) is 49.2 Å². The second-order valence-corrected chi connectivity index (χ2v) is 10.8. The zero-order valence-electron chi connectivity index (χ0n) is 22.1. The summed E-state index contributed by atoms with van der Waals surface area (Å²) in [5.74, 6) is -2.79. The maximum atomic E-state index is 13.2. The molecule has 12 nitrogen and oxygen atoms in total. The van der Waals surface area contributed by atoms with Crippen molar-refractivity contribution in [2.24, 2.45) is 0 Å². The van der Waals surface area contributed by atoms with Gasteiger partial charge in [-0.15, -0.1) is 5.10 Å². The van der Waals surface area contributed by atoms with Crippen molar-refractivity contribution in [1.29, 1.82) is 0 Å². The first-order valence-corrected chi connectivity index (χ1v) is 13.9. The quantitative estimate of drug-likeness (QED) is 0.249. The lowest BCUT2D eigenvalue weighted by Crippen LogP contribution is -2.60. The summed E-state index contributed by atoms with van der Waals surface area (Å²) in [7, 11) is 0. The van der Waals surface area contributed by atoms with Gasteiger partial charge < -0.3 is 23.7 Å². The molecule has 0 saturated carbocycles. The van der Waals surface area contributed by atoms with Crippen molar-refractivity contribution in [3.8, 4) is 11.3 Å². The van der Waals surface area contributed by atoms with Crippen LogP contribution in [0.5, 0.6) is 0 Å². The Bertz CT molecular complexity index is 1410. The van der Waals surface area contributed by atoms with E-state index in [0.29, 0.717) is 5.69 Å². The number of halogens is 2. The van der Waals surface area contributed by atoms with Crippen LogP contribution < -0.4 is 0 Å². The third-order valence-electron chi connectivity index (χ3n) is 5.93. The highest BCUT2D eigenvalue weighted by Gasteiger charge is 2.53. The van der Waals surface area contributed by atoms with Crippen molar-refractivity contribution in [3.05, 3.63) is 69.2 Å². The van der Waals surface area contributed by atoms with Crippen LogP contribution in [0.2, 0.25) is 0 Å². The number of nitrogens with zero attached hydrogens (tertiary/aromatic N) is 3. The Morgan fingerprint density at radius 1 is 0.829 bits per heavy atom. The predicted molar refractivity (Wildman–Crippen MR) is 148 cm³/mol. The summed E-state index contributed by atoms with van der Waals surface area (Å²) in [6.45, 7) is 3.16. The van der Waals surface area contributed by atoms with E-state index < -0.39 is 54.5 Å². The first kappa shape index (κ1) is 30.3. The molecule has 1 saturated heterocycles. The number of ether oxygens (including phenoxy) is 5. The van der Waals surface area contributed by atoms with E-state index in [-0.39, 0.29) is 12.2 Å². The Kier molecular flexibility index (Phi) is 9.89. The maximum Gasteiger partial charge on any atom is 0.340 e. The van der Waals surface area contributed by atoms with E-state index in [1.807, 2.05) is 24.3 Å². The minimum Gasteiger partial charge on any atom is -0.463 e. The number of carbonyl (C=O) groups excluding carboxylic acids is 4. The average Bonchev–Trinajstić information content (AvgIpc) is 3.39. The van der Waals surface area contributed by atoms with Crippen LogP contribution in [0.4, 0.5) is 0 Å². The molecule has 216 valence electrons. The number of carbonyl (C=O) groups is 4. The molecule has 0 spiro atoms. The molecule has 3 aromatic rings. The molecule has 1 fully saturated rings. The summed E-state index contributed by atoms with van der Waals surface area (Å²) < 4.78 is 31.1. The Labute approximate surface area is 251 Å². The van der Waals surface area contributed by atoms with Crippen LogP contribution in [0.3, 0.4) is 0 Å². The summed E-state index contributed by atoms with van der Waals surface area (Å²) in [6, 6.07) is 12.6. The molecule has 2 heterocycles. The molecule has 0 amide bonds. The molecule has 0 radical (unpaired) electrons. The highest BCUT2D eigenvalue weighted by Crippen LogP contribution is 2.36. The van der Waals surface area contributed by atoms with Crippen LogP contribution in [0.1, 0.15) is 37.2 Å². The van der Waals surface area contributed by atoms with E-state index in [0.717, 1.165) is 14.5 Å². The molecule has 2 aromatic carbocycles. The van der Waals surface area contributed by atoms with Gasteiger partial charge in [0, 0.05) is 35.3 Å². The molecule has 1 aliphatic heterocycles. The van der Waals surface area contributed by atoms with Crippen LogP contribution in [0.15, 0.2) is 63.7 Å². The molecule has 0 bridgehead atoms. The smallest absolute Gasteiger partial charge is 0.340 e. The summed E-state index contributed by atoms with van der Waals surface area (Å²) in [5, 5.41) is 8.44. The minimum atomic E-state index is -1.44. The minimum absolute atomic E-state index is 0.215. The SMILES string of the molecule is CC(=O)OC[C@H]1O[C@H](OC(=O)c2ccc(Br)cc2)[C@H](n2cc(-c3ccc(Br)cc3)nn2)[C@@H](OC(C)=O)[C@@H]1OC(C)=O. The van der Waals surface area contributed by atoms with Crippen LogP contribution in [-0.2, 0) is 38.1 Å². The van der Waals surface area contributed by atoms with Gasteiger partial charge in [-0.25, -0.2) is 9.48 Å². The number of esters is 4. The highest BCUT2D eigenvalue weighted by atomic mass is 79.9. The van der Waals surface area contributed by atoms with Gasteiger partial charge in [0.25, 0.3) is 0 Å². The first-order valence-electron chi connectivity index (χ1n) is 12.3. The Balaban J connectivity index is 1.77. The van der Waals surface area contributed by atoms with Gasteiger partial charge in [0.2, 0.25) is 6.29 Å². The summed E-state index contributed by atoms with van der Waals surface area (Å²) in [6.07, 6.45) is -3.59. The number of hydrogen-bond donors (Lipinski definition) is 0. The van der Waals surface area contributed by atoms with Gasteiger partial charge in [0.1, 0.15) is 18.4 Å². The van der Waals surface area contributed by atoms with Crippen LogP contribution in [-0.4, -0.2) is 70.1 Å². The van der Waals surface area contributed by atoms with Crippen LogP contribution in [0.25, 0.3) is 11.3 Å². The van der Waals surface area contributed by atoms with Gasteiger partial charge in [-0.05, 0) is 36.4 Å². The summed E-state index contributed by atoms with van der Waals surface area (Å²) >= 11 is 6.72. The summed E-state index contributed by atoms with van der Waals surface area (Å²) in [5.41, 5.74) is 1.41. The lowest BCUT2D eigenvalue weighted by Gasteiger charge is -2.44. The standard InChI is InChI=1S/C27H25Br2N3O9/c1-14(33)37-13-22-24(38-15(2)34)25(39-16(3)35)23(27(40-22)41-26(36)18-6-10-20(29)11-7-18)32-12-21(30-31-32)17-4-8-19(28)9-5-17/h4-12,22-25,27H,13H2,1-3H3/t22-,23-,24-,25-,27-/m1/s1. The van der Waals surface area contributed by atoms with E-state index in [9.17, 15) is 19.2 Å². The Morgan fingerprint density at radius 2 is 1.41 bits per heavy atom. The van der Waals surface area contributed by atoms with E-state index >= 15 is 0 Å². The molecule has 4 rings (SSSR count). The Hall–Kier alpha value is -3.62. The van der Waals surface area contributed by atoms with E-state index in [1.165, 1.54) is 25.5 Å². The van der Waals surface area contributed by atoms with Crippen molar-refractivity contribution in [3.63, 3.8) is 0 Å². The second-order valence-electron chi connectivity index (χ2n) is 8.99. The third kappa shape index (κ3) is 7.77. The van der Waals surface area contributed by atoms with E-state index in [2.05, 4.69) is 42.2 Å². The van der Waals surface area contributed by atoms with Gasteiger partial charge >= 0.3 is 23.9 Å². The largest absolute Gasteiger partial charge is 0.463 e. The normalized spacial score (nSPS) is 21.9. The average molecular weight is 695 g/mol. The maximum absolute atomic E-state index is 13.2. The van der Waals surface area contributed by atoms with E-state index in [1.54, 1.807) is 30.5 Å². The third-order valence-corrected chi connectivity index (χ3v) is 6.99. The predicted octanol–water partition coefficient (Wildman–Crippen LogP) is 4.02. The monoisotopic (exact) mass is 693 g/mol. The van der Waals surface area contributed by atoms with Gasteiger partial charge in [0.15, 0.2) is 18.2 Å². The molecule has 14 heteroatoms. The van der Waals surface area contributed by atoms with Gasteiger partial charge in [-0.2, -0.15) is 0 Å². The van der Waals surface area contributed by atoms with Crippen molar-refractivity contribution in [1.82, 2.24) is 15.0 Å². The number of rotatable bonds is 8. The number of aromatic nitrogens is 3. The topological polar surface area (TPSA) is 145 Å². The lowest BCUT2D eigenvalue weighted by molar-refractivity contribution is -0.273. The lowest BCUT2D eigenvalue weighted by atomic mass is 9.96. The molecular weight excluding hydrogens is 670 g/mol. The summed E-state index contributed by atoms with van der Waals surface area (Å²) in [4.78, 5) is 49.2. The molecule has 0 aliphatic carbocycles. The van der Waals surface area contributed by atoms with E-state index in [4.69, 9.17) is 23.7 Å². The molecule has 0 N–H and O–H groups in total. The van der Waals surface area contributed by atoms with Gasteiger partial charge in [0.05, 0.1) is 11.8 Å². The molecule has 0 unspecified atom stereocenters. The molecule has 5 atom stereocenters. The zero-order chi connectivity index (χ0) is 29.7. The number of benzene rings is 2.